The number of Topliss-reactive ketones (excluding diaryl/α,β-unsaturated/α-hetero) is 1. The fourth-order valence-electron chi connectivity index (χ4n) is 2.72. The summed E-state index contributed by atoms with van der Waals surface area (Å²) in [4.78, 5) is 12.2. The molecule has 0 amide bonds. The van der Waals surface area contributed by atoms with Gasteiger partial charge in [-0.15, -0.1) is 0 Å². The van der Waals surface area contributed by atoms with Crippen molar-refractivity contribution in [2.45, 2.75) is 39.0 Å². The van der Waals surface area contributed by atoms with E-state index in [4.69, 9.17) is 11.6 Å². The number of carbonyl (C=O) groups is 1. The van der Waals surface area contributed by atoms with Crippen LogP contribution in [-0.4, -0.2) is 5.78 Å². The van der Waals surface area contributed by atoms with Gasteiger partial charge >= 0.3 is 0 Å². The van der Waals surface area contributed by atoms with Gasteiger partial charge < -0.3 is 0 Å². The average Bonchev–Trinajstić information content (AvgIpc) is 2.41. The molecule has 0 saturated heterocycles. The SMILES string of the molecule is CCC1CCC(C(=O)c2ccc(Cl)c(F)c2)CC1. The van der Waals surface area contributed by atoms with E-state index in [0.717, 1.165) is 31.6 Å². The van der Waals surface area contributed by atoms with Crippen LogP contribution >= 0.6 is 11.6 Å². The van der Waals surface area contributed by atoms with E-state index >= 15 is 0 Å². The number of benzene rings is 1. The second kappa shape index (κ2) is 5.83. The molecule has 0 unspecified atom stereocenters. The zero-order valence-electron chi connectivity index (χ0n) is 10.6. The Morgan fingerprint density at radius 1 is 1.33 bits per heavy atom. The highest BCUT2D eigenvalue weighted by atomic mass is 35.5. The molecule has 0 N–H and O–H groups in total. The average molecular weight is 269 g/mol. The Morgan fingerprint density at radius 2 is 2.00 bits per heavy atom. The van der Waals surface area contributed by atoms with Crippen LogP contribution in [0.3, 0.4) is 0 Å². The first-order chi connectivity index (χ1) is 8.61. The van der Waals surface area contributed by atoms with Crippen molar-refractivity contribution >= 4 is 17.4 Å². The molecule has 0 spiro atoms. The van der Waals surface area contributed by atoms with Gasteiger partial charge in [0.25, 0.3) is 0 Å². The number of ketones is 1. The standard InChI is InChI=1S/C15H18ClFO/c1-2-10-3-5-11(6-4-10)15(18)12-7-8-13(16)14(17)9-12/h7-11H,2-6H2,1H3. The first-order valence-electron chi connectivity index (χ1n) is 6.61. The van der Waals surface area contributed by atoms with E-state index in [1.54, 1.807) is 6.07 Å². The Labute approximate surface area is 112 Å². The summed E-state index contributed by atoms with van der Waals surface area (Å²) >= 11 is 5.62. The zero-order valence-corrected chi connectivity index (χ0v) is 11.3. The minimum atomic E-state index is -0.509. The molecule has 0 heterocycles. The van der Waals surface area contributed by atoms with Crippen molar-refractivity contribution in [2.24, 2.45) is 11.8 Å². The molecule has 1 aliphatic carbocycles. The van der Waals surface area contributed by atoms with Gasteiger partial charge in [-0.2, -0.15) is 0 Å². The second-order valence-corrected chi connectivity index (χ2v) is 5.53. The van der Waals surface area contributed by atoms with Crippen LogP contribution in [0, 0.1) is 17.7 Å². The molecular formula is C15H18ClFO. The Hall–Kier alpha value is -0.890. The summed E-state index contributed by atoms with van der Waals surface area (Å²) in [5, 5.41) is 0.0706. The van der Waals surface area contributed by atoms with Crippen LogP contribution in [0.4, 0.5) is 4.39 Å². The molecule has 0 bridgehead atoms. The molecule has 1 saturated carbocycles. The van der Waals surface area contributed by atoms with Crippen LogP contribution in [0.2, 0.25) is 5.02 Å². The van der Waals surface area contributed by atoms with E-state index in [1.807, 2.05) is 0 Å². The molecule has 18 heavy (non-hydrogen) atoms. The number of hydrogen-bond acceptors (Lipinski definition) is 1. The van der Waals surface area contributed by atoms with E-state index in [-0.39, 0.29) is 16.7 Å². The summed E-state index contributed by atoms with van der Waals surface area (Å²) in [6.07, 6.45) is 5.28. The highest BCUT2D eigenvalue weighted by molar-refractivity contribution is 6.30. The molecule has 1 nitrogen and oxygen atoms in total. The fourth-order valence-corrected chi connectivity index (χ4v) is 2.84. The van der Waals surface area contributed by atoms with Crippen LogP contribution in [0.25, 0.3) is 0 Å². The third kappa shape index (κ3) is 2.92. The molecule has 0 aliphatic heterocycles. The topological polar surface area (TPSA) is 17.1 Å². The lowest BCUT2D eigenvalue weighted by atomic mass is 9.78. The number of hydrogen-bond donors (Lipinski definition) is 0. The molecule has 0 radical (unpaired) electrons. The highest BCUT2D eigenvalue weighted by Gasteiger charge is 2.26. The highest BCUT2D eigenvalue weighted by Crippen LogP contribution is 2.32. The van der Waals surface area contributed by atoms with E-state index in [0.29, 0.717) is 5.56 Å². The maximum absolute atomic E-state index is 13.3. The molecule has 1 aromatic rings. The van der Waals surface area contributed by atoms with Crippen molar-refractivity contribution in [3.63, 3.8) is 0 Å². The van der Waals surface area contributed by atoms with E-state index in [2.05, 4.69) is 6.92 Å². The van der Waals surface area contributed by atoms with E-state index in [9.17, 15) is 9.18 Å². The van der Waals surface area contributed by atoms with Gasteiger partial charge in [0.1, 0.15) is 5.82 Å². The summed E-state index contributed by atoms with van der Waals surface area (Å²) in [6, 6.07) is 4.35. The smallest absolute Gasteiger partial charge is 0.166 e. The van der Waals surface area contributed by atoms with E-state index < -0.39 is 5.82 Å². The van der Waals surface area contributed by atoms with Crippen molar-refractivity contribution < 1.29 is 9.18 Å². The van der Waals surface area contributed by atoms with Crippen molar-refractivity contribution in [1.82, 2.24) is 0 Å². The van der Waals surface area contributed by atoms with Crippen LogP contribution < -0.4 is 0 Å². The van der Waals surface area contributed by atoms with Gasteiger partial charge in [-0.25, -0.2) is 4.39 Å². The summed E-state index contributed by atoms with van der Waals surface area (Å²) in [7, 11) is 0. The second-order valence-electron chi connectivity index (χ2n) is 5.12. The molecule has 3 heteroatoms. The zero-order chi connectivity index (χ0) is 13.1. The van der Waals surface area contributed by atoms with Gasteiger partial charge in [-0.1, -0.05) is 24.9 Å². The summed E-state index contributed by atoms with van der Waals surface area (Å²) in [6.45, 7) is 2.20. The normalized spacial score (nSPS) is 23.9. The predicted molar refractivity (Wildman–Crippen MR) is 71.5 cm³/mol. The Bertz CT molecular complexity index is 436. The lowest BCUT2D eigenvalue weighted by Gasteiger charge is -2.26. The first kappa shape index (κ1) is 13.5. The molecule has 2 rings (SSSR count). The van der Waals surface area contributed by atoms with Gasteiger partial charge in [0.15, 0.2) is 5.78 Å². The minimum absolute atomic E-state index is 0.0633. The van der Waals surface area contributed by atoms with Crippen molar-refractivity contribution in [2.75, 3.05) is 0 Å². The molecule has 98 valence electrons. The van der Waals surface area contributed by atoms with Gasteiger partial charge in [-0.05, 0) is 49.8 Å². The number of halogens is 2. The number of rotatable bonds is 3. The molecule has 1 aromatic carbocycles. The molecule has 1 fully saturated rings. The largest absolute Gasteiger partial charge is 0.294 e. The Balaban J connectivity index is 2.05. The summed E-state index contributed by atoms with van der Waals surface area (Å²) < 4.78 is 13.3. The van der Waals surface area contributed by atoms with Gasteiger partial charge in [0.05, 0.1) is 5.02 Å². The number of carbonyl (C=O) groups excluding carboxylic acids is 1. The predicted octanol–water partition coefficient (Wildman–Crippen LogP) is 4.88. The molecular weight excluding hydrogens is 251 g/mol. The van der Waals surface area contributed by atoms with Crippen LogP contribution in [0.15, 0.2) is 18.2 Å². The quantitative estimate of drug-likeness (QED) is 0.714. The maximum Gasteiger partial charge on any atom is 0.166 e. The summed E-state index contributed by atoms with van der Waals surface area (Å²) in [5.74, 6) is 0.384. The molecule has 0 aromatic heterocycles. The van der Waals surface area contributed by atoms with Gasteiger partial charge in [0, 0.05) is 11.5 Å². The Kier molecular flexibility index (Phi) is 4.39. The monoisotopic (exact) mass is 268 g/mol. The fraction of sp³-hybridized carbons (Fsp3) is 0.533. The molecule has 1 aliphatic rings. The third-order valence-electron chi connectivity index (χ3n) is 4.00. The van der Waals surface area contributed by atoms with Crippen molar-refractivity contribution in [3.8, 4) is 0 Å². The van der Waals surface area contributed by atoms with Crippen LogP contribution in [-0.2, 0) is 0 Å². The first-order valence-corrected chi connectivity index (χ1v) is 6.99. The van der Waals surface area contributed by atoms with Gasteiger partial charge in [-0.3, -0.25) is 4.79 Å². The minimum Gasteiger partial charge on any atom is -0.294 e. The van der Waals surface area contributed by atoms with Crippen molar-refractivity contribution in [3.05, 3.63) is 34.6 Å². The van der Waals surface area contributed by atoms with Crippen molar-refractivity contribution in [1.29, 1.82) is 0 Å². The van der Waals surface area contributed by atoms with Crippen LogP contribution in [0.1, 0.15) is 49.4 Å². The lowest BCUT2D eigenvalue weighted by Crippen LogP contribution is -2.21. The Morgan fingerprint density at radius 3 is 2.56 bits per heavy atom. The van der Waals surface area contributed by atoms with Crippen LogP contribution in [0.5, 0.6) is 0 Å². The molecule has 0 atom stereocenters. The summed E-state index contributed by atoms with van der Waals surface area (Å²) in [5.41, 5.74) is 0.455. The van der Waals surface area contributed by atoms with Gasteiger partial charge in [0.2, 0.25) is 0 Å². The third-order valence-corrected chi connectivity index (χ3v) is 4.31. The maximum atomic E-state index is 13.3. The lowest BCUT2D eigenvalue weighted by molar-refractivity contribution is 0.0870. The van der Waals surface area contributed by atoms with E-state index in [1.165, 1.54) is 18.6 Å².